The topological polar surface area (TPSA) is 92.7 Å². The Morgan fingerprint density at radius 2 is 2.09 bits per heavy atom. The van der Waals surface area contributed by atoms with Crippen LogP contribution in [0.3, 0.4) is 0 Å². The summed E-state index contributed by atoms with van der Waals surface area (Å²) in [7, 11) is -1.28. The zero-order valence-electron chi connectivity index (χ0n) is 12.1. The van der Waals surface area contributed by atoms with Crippen molar-refractivity contribution in [3.05, 3.63) is 30.3 Å². The standard InChI is InChI=1S/C15H19NO5S/c17-14(11-6-8-21-10-11)16-13(15(18)19)7-9-22(20)12-4-2-1-3-5-12/h1-5,11,13H,6-10H2,(H,16,17)(H,18,19)/t11-,13-,22+/m1/s1. The fourth-order valence-electron chi connectivity index (χ4n) is 2.20. The van der Waals surface area contributed by atoms with Crippen molar-refractivity contribution in [3.8, 4) is 0 Å². The summed E-state index contributed by atoms with van der Waals surface area (Å²) in [6.07, 6.45) is 0.726. The molecule has 6 nitrogen and oxygen atoms in total. The first kappa shape index (κ1) is 16.6. The van der Waals surface area contributed by atoms with Gasteiger partial charge in [0.1, 0.15) is 6.04 Å². The number of benzene rings is 1. The lowest BCUT2D eigenvalue weighted by atomic mass is 10.1. The Balaban J connectivity index is 1.87. The van der Waals surface area contributed by atoms with E-state index in [1.165, 1.54) is 0 Å². The lowest BCUT2D eigenvalue weighted by Crippen LogP contribution is -2.44. The molecule has 0 aliphatic carbocycles. The number of rotatable bonds is 7. The first-order valence-electron chi connectivity index (χ1n) is 7.12. The number of carbonyl (C=O) groups excluding carboxylic acids is 1. The van der Waals surface area contributed by atoms with Crippen molar-refractivity contribution in [3.63, 3.8) is 0 Å². The number of hydrogen-bond donors (Lipinski definition) is 2. The maximum atomic E-state index is 12.1. The van der Waals surface area contributed by atoms with Crippen LogP contribution in [-0.2, 0) is 25.1 Å². The third-order valence-electron chi connectivity index (χ3n) is 3.51. The SMILES string of the molecule is O=C(N[C@H](CC[S@](=O)c1ccccc1)C(=O)O)[C@@H]1CCOC1. The largest absolute Gasteiger partial charge is 0.480 e. The van der Waals surface area contributed by atoms with Gasteiger partial charge in [0.2, 0.25) is 5.91 Å². The third kappa shape index (κ3) is 4.64. The normalized spacial score (nSPS) is 20.3. The molecule has 1 heterocycles. The maximum Gasteiger partial charge on any atom is 0.326 e. The summed E-state index contributed by atoms with van der Waals surface area (Å²) in [5.74, 6) is -1.53. The number of hydrogen-bond acceptors (Lipinski definition) is 4. The van der Waals surface area contributed by atoms with Crippen LogP contribution in [0.1, 0.15) is 12.8 Å². The van der Waals surface area contributed by atoms with Gasteiger partial charge in [0.05, 0.1) is 23.3 Å². The Hall–Kier alpha value is -1.73. The molecule has 1 aromatic carbocycles. The van der Waals surface area contributed by atoms with E-state index in [1.807, 2.05) is 6.07 Å². The lowest BCUT2D eigenvalue weighted by molar-refractivity contribution is -0.142. The molecule has 0 saturated carbocycles. The number of nitrogens with one attached hydrogen (secondary N) is 1. The summed E-state index contributed by atoms with van der Waals surface area (Å²) in [4.78, 5) is 23.9. The first-order chi connectivity index (χ1) is 10.6. The second-order valence-corrected chi connectivity index (χ2v) is 6.68. The third-order valence-corrected chi connectivity index (χ3v) is 4.92. The molecule has 1 aromatic rings. The van der Waals surface area contributed by atoms with Gasteiger partial charge in [-0.2, -0.15) is 0 Å². The molecule has 0 unspecified atom stereocenters. The van der Waals surface area contributed by atoms with Gasteiger partial charge >= 0.3 is 5.97 Å². The second-order valence-electron chi connectivity index (χ2n) is 5.11. The van der Waals surface area contributed by atoms with Crippen molar-refractivity contribution < 1.29 is 23.6 Å². The van der Waals surface area contributed by atoms with E-state index < -0.39 is 22.8 Å². The van der Waals surface area contributed by atoms with E-state index in [0.717, 1.165) is 0 Å². The van der Waals surface area contributed by atoms with Crippen molar-refractivity contribution in [2.24, 2.45) is 5.92 Å². The van der Waals surface area contributed by atoms with Crippen LogP contribution in [0.4, 0.5) is 0 Å². The fourth-order valence-corrected chi connectivity index (χ4v) is 3.35. The fraction of sp³-hybridized carbons (Fsp3) is 0.467. The molecule has 1 aliphatic heterocycles. The van der Waals surface area contributed by atoms with E-state index >= 15 is 0 Å². The van der Waals surface area contributed by atoms with E-state index in [2.05, 4.69) is 5.32 Å². The maximum absolute atomic E-state index is 12.1. The molecule has 0 aromatic heterocycles. The molecule has 1 fully saturated rings. The zero-order valence-corrected chi connectivity index (χ0v) is 12.9. The van der Waals surface area contributed by atoms with Crippen molar-refractivity contribution in [2.75, 3.05) is 19.0 Å². The number of aliphatic carboxylic acids is 1. The van der Waals surface area contributed by atoms with Crippen LogP contribution in [0.5, 0.6) is 0 Å². The summed E-state index contributed by atoms with van der Waals surface area (Å²) in [6.45, 7) is 0.849. The molecule has 7 heteroatoms. The predicted octanol–water partition coefficient (Wildman–Crippen LogP) is 0.790. The molecule has 1 aliphatic rings. The highest BCUT2D eigenvalue weighted by Gasteiger charge is 2.28. The van der Waals surface area contributed by atoms with Gasteiger partial charge in [0, 0.05) is 17.3 Å². The Kier molecular flexibility index (Phi) is 6.09. The van der Waals surface area contributed by atoms with Crippen LogP contribution in [0.25, 0.3) is 0 Å². The van der Waals surface area contributed by atoms with Gasteiger partial charge in [-0.25, -0.2) is 4.79 Å². The van der Waals surface area contributed by atoms with Crippen molar-refractivity contribution in [2.45, 2.75) is 23.8 Å². The Bertz CT molecular complexity index is 542. The number of carboxylic acids is 1. The van der Waals surface area contributed by atoms with Crippen molar-refractivity contribution in [1.29, 1.82) is 0 Å². The van der Waals surface area contributed by atoms with Crippen LogP contribution in [-0.4, -0.2) is 46.2 Å². The number of carbonyl (C=O) groups is 2. The van der Waals surface area contributed by atoms with E-state index in [4.69, 9.17) is 4.74 Å². The van der Waals surface area contributed by atoms with E-state index in [-0.39, 0.29) is 24.0 Å². The highest BCUT2D eigenvalue weighted by Crippen LogP contribution is 2.13. The van der Waals surface area contributed by atoms with Gasteiger partial charge in [-0.3, -0.25) is 9.00 Å². The number of amides is 1. The van der Waals surface area contributed by atoms with Gasteiger partial charge in [0.15, 0.2) is 0 Å². The monoisotopic (exact) mass is 325 g/mol. The first-order valence-corrected chi connectivity index (χ1v) is 8.44. The molecular formula is C15H19NO5S. The highest BCUT2D eigenvalue weighted by atomic mass is 32.2. The molecule has 120 valence electrons. The Morgan fingerprint density at radius 3 is 2.68 bits per heavy atom. The van der Waals surface area contributed by atoms with Crippen LogP contribution in [0.15, 0.2) is 35.2 Å². The van der Waals surface area contributed by atoms with Gasteiger partial charge in [-0.1, -0.05) is 18.2 Å². The zero-order chi connectivity index (χ0) is 15.9. The lowest BCUT2D eigenvalue weighted by Gasteiger charge is -2.16. The predicted molar refractivity (Wildman–Crippen MR) is 80.8 cm³/mol. The van der Waals surface area contributed by atoms with Crippen LogP contribution in [0, 0.1) is 5.92 Å². The average Bonchev–Trinajstić information content (AvgIpc) is 3.06. The molecule has 22 heavy (non-hydrogen) atoms. The molecule has 1 saturated heterocycles. The summed E-state index contributed by atoms with van der Waals surface area (Å²) >= 11 is 0. The van der Waals surface area contributed by atoms with Crippen LogP contribution >= 0.6 is 0 Å². The number of ether oxygens (including phenoxy) is 1. The summed E-state index contributed by atoms with van der Waals surface area (Å²) in [6, 6.07) is 7.83. The molecule has 2 N–H and O–H groups in total. The molecular weight excluding hydrogens is 306 g/mol. The minimum Gasteiger partial charge on any atom is -0.480 e. The van der Waals surface area contributed by atoms with Gasteiger partial charge < -0.3 is 15.2 Å². The van der Waals surface area contributed by atoms with Crippen LogP contribution < -0.4 is 5.32 Å². The summed E-state index contributed by atoms with van der Waals surface area (Å²) in [5, 5.41) is 11.7. The van der Waals surface area contributed by atoms with E-state index in [0.29, 0.717) is 24.5 Å². The van der Waals surface area contributed by atoms with Gasteiger partial charge in [0.25, 0.3) is 0 Å². The van der Waals surface area contributed by atoms with E-state index in [9.17, 15) is 18.9 Å². The number of carboxylic acid groups (broad SMARTS) is 1. The van der Waals surface area contributed by atoms with Gasteiger partial charge in [-0.05, 0) is 25.0 Å². The average molecular weight is 325 g/mol. The smallest absolute Gasteiger partial charge is 0.326 e. The molecule has 1 amide bonds. The molecule has 0 radical (unpaired) electrons. The highest BCUT2D eigenvalue weighted by molar-refractivity contribution is 7.85. The Morgan fingerprint density at radius 1 is 1.36 bits per heavy atom. The van der Waals surface area contributed by atoms with Crippen molar-refractivity contribution in [1.82, 2.24) is 5.32 Å². The summed E-state index contributed by atoms with van der Waals surface area (Å²) < 4.78 is 17.2. The quantitative estimate of drug-likeness (QED) is 0.773. The van der Waals surface area contributed by atoms with Crippen LogP contribution in [0.2, 0.25) is 0 Å². The second kappa shape index (κ2) is 8.05. The molecule has 2 rings (SSSR count). The summed E-state index contributed by atoms with van der Waals surface area (Å²) in [5.41, 5.74) is 0. The van der Waals surface area contributed by atoms with Crippen molar-refractivity contribution >= 4 is 22.7 Å². The van der Waals surface area contributed by atoms with E-state index in [1.54, 1.807) is 24.3 Å². The minimum atomic E-state index is -1.28. The van der Waals surface area contributed by atoms with Gasteiger partial charge in [-0.15, -0.1) is 0 Å². The molecule has 3 atom stereocenters. The minimum absolute atomic E-state index is 0.121. The Labute approximate surface area is 131 Å². The molecule has 0 bridgehead atoms. The molecule has 0 spiro atoms.